The Labute approximate surface area is 102 Å². The molecule has 0 N–H and O–H groups in total. The van der Waals surface area contributed by atoms with Crippen LogP contribution in [0.2, 0.25) is 0 Å². The lowest BCUT2D eigenvalue weighted by molar-refractivity contribution is -0.137. The second kappa shape index (κ2) is 6.02. The summed E-state index contributed by atoms with van der Waals surface area (Å²) in [6, 6.07) is 3.48. The summed E-state index contributed by atoms with van der Waals surface area (Å²) in [4.78, 5) is 11.1. The number of halogens is 3. The molecule has 1 aromatic carbocycles. The van der Waals surface area contributed by atoms with Crippen LogP contribution in [-0.2, 0) is 15.3 Å². The van der Waals surface area contributed by atoms with Gasteiger partial charge in [0.1, 0.15) is 5.75 Å². The summed E-state index contributed by atoms with van der Waals surface area (Å²) in [5, 5.41) is 0. The van der Waals surface area contributed by atoms with Gasteiger partial charge in [-0.05, 0) is 31.2 Å². The van der Waals surface area contributed by atoms with Gasteiger partial charge in [-0.25, -0.2) is 4.79 Å². The van der Waals surface area contributed by atoms with Crippen LogP contribution >= 0.6 is 8.03 Å². The molecule has 0 saturated carbocycles. The third-order valence-corrected chi connectivity index (χ3v) is 2.82. The van der Waals surface area contributed by atoms with E-state index in [0.29, 0.717) is 0 Å². The van der Waals surface area contributed by atoms with Crippen LogP contribution in [0.4, 0.5) is 18.0 Å². The van der Waals surface area contributed by atoms with Gasteiger partial charge in [-0.2, -0.15) is 13.2 Å². The Hall–Kier alpha value is -1.33. The average molecular weight is 282 g/mol. The fourth-order valence-electron chi connectivity index (χ4n) is 1.05. The summed E-state index contributed by atoms with van der Waals surface area (Å²) in [5.74, 6) is -0.119. The third-order valence-electron chi connectivity index (χ3n) is 1.83. The van der Waals surface area contributed by atoms with Crippen LogP contribution in [-0.4, -0.2) is 12.3 Å². The highest BCUT2D eigenvalue weighted by atomic mass is 31.1. The third kappa shape index (κ3) is 4.16. The van der Waals surface area contributed by atoms with Crippen molar-refractivity contribution in [3.05, 3.63) is 29.8 Å². The van der Waals surface area contributed by atoms with Gasteiger partial charge in [-0.3, -0.25) is 4.57 Å². The minimum Gasteiger partial charge on any atom is -0.420 e. The molecule has 0 aliphatic carbocycles. The quantitative estimate of drug-likeness (QED) is 0.790. The zero-order valence-corrected chi connectivity index (χ0v) is 10.3. The smallest absolute Gasteiger partial charge is 0.416 e. The van der Waals surface area contributed by atoms with Crippen molar-refractivity contribution in [3.8, 4) is 5.75 Å². The first-order valence-corrected chi connectivity index (χ1v) is 6.22. The van der Waals surface area contributed by atoms with E-state index in [9.17, 15) is 22.5 Å². The van der Waals surface area contributed by atoms with E-state index in [1.807, 2.05) is 0 Å². The maximum atomic E-state index is 12.2. The Morgan fingerprint density at radius 1 is 1.28 bits per heavy atom. The lowest BCUT2D eigenvalue weighted by Crippen LogP contribution is -2.05. The highest BCUT2D eigenvalue weighted by Crippen LogP contribution is 2.31. The topological polar surface area (TPSA) is 52.6 Å². The van der Waals surface area contributed by atoms with Crippen molar-refractivity contribution in [2.24, 2.45) is 0 Å². The lowest BCUT2D eigenvalue weighted by Gasteiger charge is -2.07. The molecule has 0 heterocycles. The SMILES string of the molecule is CCO[PH](=O)C(=O)Oc1ccc(C(F)(F)F)cc1. The highest BCUT2D eigenvalue weighted by Gasteiger charge is 2.30. The van der Waals surface area contributed by atoms with Gasteiger partial charge in [0.2, 0.25) is 0 Å². The first-order valence-electron chi connectivity index (χ1n) is 4.90. The van der Waals surface area contributed by atoms with E-state index in [2.05, 4.69) is 9.26 Å². The molecule has 0 bridgehead atoms. The van der Waals surface area contributed by atoms with E-state index >= 15 is 0 Å². The summed E-state index contributed by atoms with van der Waals surface area (Å²) in [5.41, 5.74) is -1.96. The molecule has 0 amide bonds. The van der Waals surface area contributed by atoms with Gasteiger partial charge in [0.05, 0.1) is 12.2 Å². The molecule has 1 atom stereocenters. The van der Waals surface area contributed by atoms with Crippen LogP contribution in [0.5, 0.6) is 5.75 Å². The Kier molecular flexibility index (Phi) is 4.93. The molecule has 1 rings (SSSR count). The maximum absolute atomic E-state index is 12.2. The number of benzene rings is 1. The van der Waals surface area contributed by atoms with Crippen molar-refractivity contribution in [2.45, 2.75) is 13.1 Å². The van der Waals surface area contributed by atoms with Crippen LogP contribution in [0.25, 0.3) is 0 Å². The fraction of sp³-hybridized carbons (Fsp3) is 0.300. The Balaban J connectivity index is 2.70. The monoisotopic (exact) mass is 282 g/mol. The fourth-order valence-corrected chi connectivity index (χ4v) is 1.63. The van der Waals surface area contributed by atoms with Crippen molar-refractivity contribution in [1.29, 1.82) is 0 Å². The van der Waals surface area contributed by atoms with Gasteiger partial charge >= 0.3 is 11.9 Å². The van der Waals surface area contributed by atoms with Gasteiger partial charge in [-0.15, -0.1) is 0 Å². The Morgan fingerprint density at radius 3 is 2.28 bits per heavy atom. The van der Waals surface area contributed by atoms with Crippen LogP contribution in [0.3, 0.4) is 0 Å². The molecule has 0 radical (unpaired) electrons. The molecule has 0 saturated heterocycles. The van der Waals surface area contributed by atoms with Crippen LogP contribution in [0.1, 0.15) is 12.5 Å². The molecule has 0 fully saturated rings. The Morgan fingerprint density at radius 2 is 1.83 bits per heavy atom. The summed E-state index contributed by atoms with van der Waals surface area (Å²) in [6.45, 7) is 1.63. The van der Waals surface area contributed by atoms with Gasteiger partial charge in [-0.1, -0.05) is 0 Å². The van der Waals surface area contributed by atoms with Crippen molar-refractivity contribution in [2.75, 3.05) is 6.61 Å². The standard InChI is InChI=1S/C10H10F3O4P/c1-2-16-18(15)9(14)17-8-5-3-7(4-6-8)10(11,12)13/h3-6,18H,2H2,1H3. The molecule has 18 heavy (non-hydrogen) atoms. The zero-order chi connectivity index (χ0) is 13.8. The zero-order valence-electron chi connectivity index (χ0n) is 9.28. The number of hydrogen-bond acceptors (Lipinski definition) is 4. The minimum atomic E-state index is -4.46. The first kappa shape index (κ1) is 14.7. The number of ether oxygens (including phenoxy) is 1. The molecule has 100 valence electrons. The van der Waals surface area contributed by atoms with E-state index in [0.717, 1.165) is 24.3 Å². The van der Waals surface area contributed by atoms with Crippen molar-refractivity contribution in [1.82, 2.24) is 0 Å². The Bertz CT molecular complexity index is 441. The van der Waals surface area contributed by atoms with Crippen LogP contribution in [0.15, 0.2) is 24.3 Å². The van der Waals surface area contributed by atoms with Crippen molar-refractivity contribution >= 4 is 13.7 Å². The average Bonchev–Trinajstić information content (AvgIpc) is 2.28. The summed E-state index contributed by atoms with van der Waals surface area (Å²) in [6.07, 6.45) is -4.46. The van der Waals surface area contributed by atoms with E-state index < -0.39 is 25.5 Å². The second-order valence-corrected chi connectivity index (χ2v) is 4.40. The number of alkyl halides is 3. The van der Waals surface area contributed by atoms with E-state index in [1.54, 1.807) is 6.92 Å². The number of hydrogen-bond donors (Lipinski definition) is 0. The first-order chi connectivity index (χ1) is 8.34. The normalized spacial score (nSPS) is 13.1. The summed E-state index contributed by atoms with van der Waals surface area (Å²) in [7, 11) is -2.99. The van der Waals surface area contributed by atoms with E-state index in [1.165, 1.54) is 0 Å². The molecule has 0 aliphatic heterocycles. The summed E-state index contributed by atoms with van der Waals surface area (Å²) >= 11 is 0. The highest BCUT2D eigenvalue weighted by molar-refractivity contribution is 7.58. The predicted octanol–water partition coefficient (Wildman–Crippen LogP) is 3.72. The van der Waals surface area contributed by atoms with Crippen LogP contribution < -0.4 is 4.74 Å². The van der Waals surface area contributed by atoms with Gasteiger partial charge in [0, 0.05) is 0 Å². The molecule has 0 spiro atoms. The van der Waals surface area contributed by atoms with Crippen molar-refractivity contribution in [3.63, 3.8) is 0 Å². The lowest BCUT2D eigenvalue weighted by atomic mass is 10.2. The molecular weight excluding hydrogens is 272 g/mol. The number of rotatable bonds is 4. The molecule has 1 aromatic rings. The molecular formula is C10H10F3O4P. The van der Waals surface area contributed by atoms with Gasteiger partial charge in [0.25, 0.3) is 8.03 Å². The van der Waals surface area contributed by atoms with Gasteiger partial charge < -0.3 is 9.26 Å². The number of carbonyl (C=O) groups excluding carboxylic acids is 1. The van der Waals surface area contributed by atoms with E-state index in [4.69, 9.17) is 0 Å². The van der Waals surface area contributed by atoms with Gasteiger partial charge in [0.15, 0.2) is 0 Å². The second-order valence-electron chi connectivity index (χ2n) is 3.13. The number of carbonyl (C=O) groups is 1. The molecule has 4 nitrogen and oxygen atoms in total. The maximum Gasteiger partial charge on any atom is 0.416 e. The predicted molar refractivity (Wildman–Crippen MR) is 58.1 cm³/mol. The summed E-state index contributed by atoms with van der Waals surface area (Å²) < 4.78 is 56.9. The van der Waals surface area contributed by atoms with E-state index in [-0.39, 0.29) is 12.4 Å². The molecule has 8 heteroatoms. The van der Waals surface area contributed by atoms with Crippen molar-refractivity contribution < 1.29 is 31.8 Å². The minimum absolute atomic E-state index is 0.0832. The largest absolute Gasteiger partial charge is 0.420 e. The molecule has 0 aliphatic rings. The molecule has 0 aromatic heterocycles. The molecule has 1 unspecified atom stereocenters. The van der Waals surface area contributed by atoms with Crippen LogP contribution in [0, 0.1) is 0 Å².